The summed E-state index contributed by atoms with van der Waals surface area (Å²) in [6, 6.07) is 5.72. The van der Waals surface area contributed by atoms with Gasteiger partial charge in [-0.15, -0.1) is 0 Å². The second kappa shape index (κ2) is 8.55. The minimum atomic E-state index is -0.515. The normalized spacial score (nSPS) is 15.3. The lowest BCUT2D eigenvalue weighted by Gasteiger charge is -2.36. The molecular weight excluding hydrogens is 338 g/mol. The van der Waals surface area contributed by atoms with Gasteiger partial charge in [0.1, 0.15) is 11.6 Å². The van der Waals surface area contributed by atoms with E-state index in [-0.39, 0.29) is 12.0 Å². The third-order valence-corrected chi connectivity index (χ3v) is 4.35. The topological polar surface area (TPSA) is 56.7 Å². The van der Waals surface area contributed by atoms with Gasteiger partial charge in [-0.3, -0.25) is 4.99 Å². The van der Waals surface area contributed by atoms with Crippen LogP contribution in [0.15, 0.2) is 41.7 Å². The fourth-order valence-electron chi connectivity index (χ4n) is 2.98. The quantitative estimate of drug-likeness (QED) is 0.664. The lowest BCUT2D eigenvalue weighted by molar-refractivity contribution is 0.370. The van der Waals surface area contributed by atoms with Crippen LogP contribution < -0.4 is 10.2 Å². The van der Waals surface area contributed by atoms with E-state index in [1.165, 1.54) is 18.2 Å². The molecule has 0 bridgehead atoms. The maximum atomic E-state index is 13.7. The molecular formula is C18H22F2N6. The molecule has 1 saturated heterocycles. The number of halogens is 2. The summed E-state index contributed by atoms with van der Waals surface area (Å²) in [7, 11) is 1.71. The van der Waals surface area contributed by atoms with E-state index >= 15 is 0 Å². The van der Waals surface area contributed by atoms with Gasteiger partial charge in [0.05, 0.1) is 0 Å². The summed E-state index contributed by atoms with van der Waals surface area (Å²) in [4.78, 5) is 17.1. The van der Waals surface area contributed by atoms with Crippen LogP contribution in [0.1, 0.15) is 5.56 Å². The van der Waals surface area contributed by atoms with E-state index in [0.717, 1.165) is 38.1 Å². The molecule has 1 aromatic carbocycles. The lowest BCUT2D eigenvalue weighted by atomic mass is 10.1. The third-order valence-electron chi connectivity index (χ3n) is 4.35. The van der Waals surface area contributed by atoms with Crippen LogP contribution in [0.25, 0.3) is 0 Å². The van der Waals surface area contributed by atoms with Gasteiger partial charge in [0, 0.05) is 57.7 Å². The number of nitrogens with one attached hydrogen (secondary N) is 1. The Labute approximate surface area is 151 Å². The summed E-state index contributed by atoms with van der Waals surface area (Å²) in [6.45, 7) is 3.52. The van der Waals surface area contributed by atoms with Crippen LogP contribution >= 0.6 is 0 Å². The highest BCUT2D eigenvalue weighted by atomic mass is 19.1. The maximum absolute atomic E-state index is 13.7. The van der Waals surface area contributed by atoms with E-state index in [4.69, 9.17) is 0 Å². The zero-order valence-electron chi connectivity index (χ0n) is 14.7. The van der Waals surface area contributed by atoms with Gasteiger partial charge in [-0.25, -0.2) is 18.7 Å². The van der Waals surface area contributed by atoms with Crippen molar-refractivity contribution in [3.05, 3.63) is 53.9 Å². The summed E-state index contributed by atoms with van der Waals surface area (Å²) >= 11 is 0. The number of rotatable bonds is 4. The Kier molecular flexibility index (Phi) is 5.93. The van der Waals surface area contributed by atoms with Crippen LogP contribution in [0.5, 0.6) is 0 Å². The Balaban J connectivity index is 1.51. The molecule has 3 rings (SSSR count). The minimum Gasteiger partial charge on any atom is -0.356 e. The van der Waals surface area contributed by atoms with Crippen molar-refractivity contribution < 1.29 is 8.78 Å². The van der Waals surface area contributed by atoms with E-state index in [1.807, 2.05) is 0 Å². The molecule has 0 atom stereocenters. The summed E-state index contributed by atoms with van der Waals surface area (Å²) in [6.07, 6.45) is 3.73. The summed E-state index contributed by atoms with van der Waals surface area (Å²) in [5.41, 5.74) is 0.0986. The first-order valence-corrected chi connectivity index (χ1v) is 8.59. The third kappa shape index (κ3) is 4.25. The molecule has 0 unspecified atom stereocenters. The fraction of sp³-hybridized carbons (Fsp3) is 0.389. The smallest absolute Gasteiger partial charge is 0.225 e. The molecule has 1 aromatic heterocycles. The molecule has 138 valence electrons. The molecule has 0 saturated carbocycles. The maximum Gasteiger partial charge on any atom is 0.225 e. The van der Waals surface area contributed by atoms with Crippen molar-refractivity contribution in [1.29, 1.82) is 0 Å². The van der Waals surface area contributed by atoms with Gasteiger partial charge in [-0.1, -0.05) is 6.07 Å². The molecule has 0 spiro atoms. The molecule has 1 aliphatic rings. The summed E-state index contributed by atoms with van der Waals surface area (Å²) < 4.78 is 27.4. The molecule has 1 aliphatic heterocycles. The second-order valence-electron chi connectivity index (χ2n) is 5.95. The standard InChI is InChI=1S/C18H22F2N6/c1-21-17(24-9-6-14-15(19)4-2-5-16(14)20)25-10-12-26(13-11-25)18-22-7-3-8-23-18/h2-5,7-8H,6,9-13H2,1H3,(H,21,24). The van der Waals surface area contributed by atoms with E-state index in [1.54, 1.807) is 25.5 Å². The van der Waals surface area contributed by atoms with E-state index in [9.17, 15) is 8.78 Å². The van der Waals surface area contributed by atoms with Crippen molar-refractivity contribution >= 4 is 11.9 Å². The van der Waals surface area contributed by atoms with E-state index < -0.39 is 11.6 Å². The van der Waals surface area contributed by atoms with E-state index in [2.05, 4.69) is 30.1 Å². The van der Waals surface area contributed by atoms with Crippen LogP contribution in [0.3, 0.4) is 0 Å². The zero-order chi connectivity index (χ0) is 18.4. The molecule has 0 radical (unpaired) electrons. The van der Waals surface area contributed by atoms with Gasteiger partial charge >= 0.3 is 0 Å². The number of anilines is 1. The number of aliphatic imine (C=N–C) groups is 1. The average Bonchev–Trinajstić information content (AvgIpc) is 2.68. The van der Waals surface area contributed by atoms with Crippen molar-refractivity contribution in [3.8, 4) is 0 Å². The fourth-order valence-corrected chi connectivity index (χ4v) is 2.98. The Bertz CT molecular complexity index is 724. The number of hydrogen-bond donors (Lipinski definition) is 1. The number of piperazine rings is 1. The zero-order valence-corrected chi connectivity index (χ0v) is 14.7. The molecule has 2 aromatic rings. The molecule has 8 heteroatoms. The summed E-state index contributed by atoms with van der Waals surface area (Å²) in [5, 5.41) is 3.19. The Morgan fingerprint density at radius 2 is 1.73 bits per heavy atom. The van der Waals surface area contributed by atoms with Crippen LogP contribution in [-0.4, -0.2) is 60.6 Å². The van der Waals surface area contributed by atoms with Crippen molar-refractivity contribution in [2.24, 2.45) is 4.99 Å². The van der Waals surface area contributed by atoms with Crippen molar-refractivity contribution in [3.63, 3.8) is 0 Å². The first-order valence-electron chi connectivity index (χ1n) is 8.59. The number of aromatic nitrogens is 2. The molecule has 0 aliphatic carbocycles. The summed E-state index contributed by atoms with van der Waals surface area (Å²) in [5.74, 6) is 0.428. The average molecular weight is 360 g/mol. The Hall–Kier alpha value is -2.77. The van der Waals surface area contributed by atoms with Crippen molar-refractivity contribution in [1.82, 2.24) is 20.2 Å². The van der Waals surface area contributed by atoms with Gasteiger partial charge in [0.15, 0.2) is 5.96 Å². The number of benzene rings is 1. The minimum absolute atomic E-state index is 0.0986. The van der Waals surface area contributed by atoms with Crippen LogP contribution in [0, 0.1) is 11.6 Å². The van der Waals surface area contributed by atoms with E-state index in [0.29, 0.717) is 6.54 Å². The predicted octanol–water partition coefficient (Wildman–Crippen LogP) is 1.69. The van der Waals surface area contributed by atoms with Crippen LogP contribution in [0.2, 0.25) is 0 Å². The molecule has 26 heavy (non-hydrogen) atoms. The predicted molar refractivity (Wildman–Crippen MR) is 97.2 cm³/mol. The highest BCUT2D eigenvalue weighted by Gasteiger charge is 2.21. The Morgan fingerprint density at radius 1 is 1.08 bits per heavy atom. The highest BCUT2D eigenvalue weighted by Crippen LogP contribution is 2.13. The van der Waals surface area contributed by atoms with Crippen molar-refractivity contribution in [2.45, 2.75) is 6.42 Å². The van der Waals surface area contributed by atoms with Crippen LogP contribution in [0.4, 0.5) is 14.7 Å². The van der Waals surface area contributed by atoms with Gasteiger partial charge < -0.3 is 15.1 Å². The van der Waals surface area contributed by atoms with Gasteiger partial charge in [0.2, 0.25) is 5.95 Å². The second-order valence-corrected chi connectivity index (χ2v) is 5.95. The monoisotopic (exact) mass is 360 g/mol. The number of hydrogen-bond acceptors (Lipinski definition) is 4. The molecule has 1 N–H and O–H groups in total. The van der Waals surface area contributed by atoms with Gasteiger partial charge in [-0.2, -0.15) is 0 Å². The molecule has 1 fully saturated rings. The largest absolute Gasteiger partial charge is 0.356 e. The first kappa shape index (κ1) is 18.0. The SMILES string of the molecule is CN=C(NCCc1c(F)cccc1F)N1CCN(c2ncccn2)CC1. The Morgan fingerprint density at radius 3 is 2.35 bits per heavy atom. The van der Waals surface area contributed by atoms with Gasteiger partial charge in [-0.05, 0) is 24.6 Å². The molecule has 2 heterocycles. The van der Waals surface area contributed by atoms with Gasteiger partial charge in [0.25, 0.3) is 0 Å². The molecule has 0 amide bonds. The first-order chi connectivity index (χ1) is 12.7. The highest BCUT2D eigenvalue weighted by molar-refractivity contribution is 5.80. The number of guanidine groups is 1. The van der Waals surface area contributed by atoms with Crippen molar-refractivity contribution in [2.75, 3.05) is 44.7 Å². The lowest BCUT2D eigenvalue weighted by Crippen LogP contribution is -2.53. The van der Waals surface area contributed by atoms with Crippen LogP contribution in [-0.2, 0) is 6.42 Å². The number of nitrogens with zero attached hydrogens (tertiary/aromatic N) is 5. The molecule has 6 nitrogen and oxygen atoms in total.